The van der Waals surface area contributed by atoms with Crippen molar-refractivity contribution in [3.63, 3.8) is 0 Å². The quantitative estimate of drug-likeness (QED) is 0.113. The molecule has 1 unspecified atom stereocenters. The average molecular weight is 773 g/mol. The van der Waals surface area contributed by atoms with E-state index in [0.717, 1.165) is 4.90 Å². The fourth-order valence-corrected chi connectivity index (χ4v) is 6.90. The lowest BCUT2D eigenvalue weighted by molar-refractivity contribution is -0.136. The molecule has 3 aliphatic rings. The number of anilines is 1. The second-order valence-electron chi connectivity index (χ2n) is 13.4. The highest BCUT2D eigenvalue weighted by atomic mass is 16.6. The molecule has 3 aromatic carbocycles. The first-order chi connectivity index (χ1) is 27.3. The van der Waals surface area contributed by atoms with Crippen molar-refractivity contribution in [2.24, 2.45) is 0 Å². The summed E-state index contributed by atoms with van der Waals surface area (Å²) in [6.07, 6.45) is -0.224. The SMILES string of the molecule is CN(CCOCCOCCOCCOCCOCCNc1cccc2c1C(=O)N(C1CCC(=O)NC1=O)C2=O)C(=O)OCC1c2ccccc2-c2ccccc21. The summed E-state index contributed by atoms with van der Waals surface area (Å²) in [5, 5.41) is 5.33. The van der Waals surface area contributed by atoms with E-state index < -0.39 is 29.7 Å². The smallest absolute Gasteiger partial charge is 0.409 e. The van der Waals surface area contributed by atoms with Gasteiger partial charge in [0.2, 0.25) is 11.8 Å². The number of likely N-dealkylation sites (N-methyl/N-ethyl adjacent to an activating group) is 1. The summed E-state index contributed by atoms with van der Waals surface area (Å²) < 4.78 is 33.5. The van der Waals surface area contributed by atoms with Gasteiger partial charge in [-0.2, -0.15) is 0 Å². The van der Waals surface area contributed by atoms with Crippen molar-refractivity contribution in [3.05, 3.63) is 89.0 Å². The van der Waals surface area contributed by atoms with Crippen molar-refractivity contribution in [1.29, 1.82) is 0 Å². The molecule has 0 saturated carbocycles. The maximum absolute atomic E-state index is 13.2. The van der Waals surface area contributed by atoms with Gasteiger partial charge in [0.15, 0.2) is 0 Å². The van der Waals surface area contributed by atoms with Gasteiger partial charge in [-0.15, -0.1) is 0 Å². The Morgan fingerprint density at radius 2 is 1.27 bits per heavy atom. The van der Waals surface area contributed by atoms with Crippen molar-refractivity contribution >= 4 is 35.4 Å². The van der Waals surface area contributed by atoms with Gasteiger partial charge in [-0.3, -0.25) is 29.4 Å². The summed E-state index contributed by atoms with van der Waals surface area (Å²) in [4.78, 5) is 65.1. The molecule has 0 radical (unpaired) electrons. The topological polar surface area (TPSA) is 171 Å². The summed E-state index contributed by atoms with van der Waals surface area (Å²) in [7, 11) is 1.70. The molecule has 2 heterocycles. The maximum atomic E-state index is 13.2. The van der Waals surface area contributed by atoms with Gasteiger partial charge in [0, 0.05) is 38.2 Å². The maximum Gasteiger partial charge on any atom is 0.409 e. The molecule has 2 N–H and O–H groups in total. The largest absolute Gasteiger partial charge is 0.448 e. The van der Waals surface area contributed by atoms with Crippen LogP contribution in [0, 0.1) is 0 Å². The van der Waals surface area contributed by atoms with Crippen LogP contribution in [0.4, 0.5) is 10.5 Å². The standard InChI is InChI=1S/C41H48N4O11/c1-44(41(50)56-27-33-30-9-4-2-7-28(30)29-8-3-5-10-31(29)33)16-18-52-20-22-54-24-26-55-25-23-53-21-19-51-17-15-42-34-12-6-11-32-37(34)40(49)45(39(32)48)35-13-14-36(46)43-38(35)47/h2-12,33,35,42H,13-27H2,1H3,(H,43,46,47). The number of imide groups is 2. The summed E-state index contributed by atoms with van der Waals surface area (Å²) in [5.41, 5.74) is 5.63. The molecule has 0 bridgehead atoms. The number of ether oxygens (including phenoxy) is 6. The molecule has 5 amide bonds. The number of nitrogens with one attached hydrogen (secondary N) is 2. The predicted octanol–water partition coefficient (Wildman–Crippen LogP) is 3.46. The summed E-state index contributed by atoms with van der Waals surface area (Å²) in [5.74, 6) is -2.16. The minimum atomic E-state index is -1.02. The monoisotopic (exact) mass is 772 g/mol. The van der Waals surface area contributed by atoms with E-state index in [1.54, 1.807) is 25.2 Å². The fourth-order valence-electron chi connectivity index (χ4n) is 6.90. The molecule has 3 aromatic rings. The van der Waals surface area contributed by atoms with Crippen molar-refractivity contribution in [2.45, 2.75) is 24.8 Å². The Morgan fingerprint density at radius 3 is 1.88 bits per heavy atom. The minimum absolute atomic E-state index is 0.0187. The summed E-state index contributed by atoms with van der Waals surface area (Å²) in [6.45, 7) is 4.93. The molecule has 1 fully saturated rings. The van der Waals surface area contributed by atoms with Gasteiger partial charge in [0.05, 0.1) is 77.2 Å². The zero-order valence-corrected chi connectivity index (χ0v) is 31.5. The molecule has 2 aliphatic heterocycles. The van der Waals surface area contributed by atoms with E-state index in [2.05, 4.69) is 34.9 Å². The third-order valence-corrected chi connectivity index (χ3v) is 9.74. The number of amides is 5. The highest BCUT2D eigenvalue weighted by Gasteiger charge is 2.45. The number of hydrogen-bond donors (Lipinski definition) is 2. The Bertz CT molecular complexity index is 1820. The second kappa shape index (κ2) is 20.1. The number of nitrogens with zero attached hydrogens (tertiary/aromatic N) is 2. The van der Waals surface area contributed by atoms with Crippen LogP contribution >= 0.6 is 0 Å². The van der Waals surface area contributed by atoms with Gasteiger partial charge in [0.25, 0.3) is 11.8 Å². The Morgan fingerprint density at radius 1 is 0.714 bits per heavy atom. The summed E-state index contributed by atoms with van der Waals surface area (Å²) >= 11 is 0. The van der Waals surface area contributed by atoms with Gasteiger partial charge in [-0.25, -0.2) is 4.79 Å². The zero-order chi connectivity index (χ0) is 39.3. The van der Waals surface area contributed by atoms with Crippen LogP contribution in [0.5, 0.6) is 0 Å². The van der Waals surface area contributed by atoms with Crippen LogP contribution in [0.1, 0.15) is 50.6 Å². The number of fused-ring (bicyclic) bond motifs is 4. The third kappa shape index (κ3) is 9.97. The van der Waals surface area contributed by atoms with Gasteiger partial charge in [-0.05, 0) is 40.8 Å². The first kappa shape index (κ1) is 40.5. The molecule has 298 valence electrons. The Balaban J connectivity index is 0.728. The molecular weight excluding hydrogens is 724 g/mol. The molecule has 15 nitrogen and oxygen atoms in total. The zero-order valence-electron chi connectivity index (χ0n) is 31.5. The number of hydrogen-bond acceptors (Lipinski definition) is 12. The lowest BCUT2D eigenvalue weighted by Crippen LogP contribution is -2.54. The Kier molecular flexibility index (Phi) is 14.5. The van der Waals surface area contributed by atoms with Crippen LogP contribution in [0.3, 0.4) is 0 Å². The fraction of sp³-hybridized carbons (Fsp3) is 0.439. The molecular formula is C41H48N4O11. The van der Waals surface area contributed by atoms with E-state index in [4.69, 9.17) is 28.4 Å². The molecule has 6 rings (SSSR count). The molecule has 1 saturated heterocycles. The Labute approximate surface area is 325 Å². The van der Waals surface area contributed by atoms with E-state index in [9.17, 15) is 24.0 Å². The number of piperidine rings is 1. The van der Waals surface area contributed by atoms with Crippen molar-refractivity contribution in [3.8, 4) is 11.1 Å². The third-order valence-electron chi connectivity index (χ3n) is 9.74. The van der Waals surface area contributed by atoms with Crippen LogP contribution < -0.4 is 10.6 Å². The normalized spacial score (nSPS) is 16.1. The highest BCUT2D eigenvalue weighted by molar-refractivity contribution is 6.25. The van der Waals surface area contributed by atoms with E-state index in [0.29, 0.717) is 84.8 Å². The predicted molar refractivity (Wildman–Crippen MR) is 203 cm³/mol. The van der Waals surface area contributed by atoms with Crippen molar-refractivity contribution in [1.82, 2.24) is 15.1 Å². The van der Waals surface area contributed by atoms with Crippen LogP contribution in [0.25, 0.3) is 11.1 Å². The van der Waals surface area contributed by atoms with Crippen molar-refractivity contribution < 1.29 is 52.4 Å². The lowest BCUT2D eigenvalue weighted by atomic mass is 9.98. The molecule has 0 aromatic heterocycles. The van der Waals surface area contributed by atoms with Crippen LogP contribution in [0.2, 0.25) is 0 Å². The van der Waals surface area contributed by atoms with Crippen LogP contribution in [-0.4, -0.2) is 138 Å². The molecule has 1 aliphatic carbocycles. The average Bonchev–Trinajstić information content (AvgIpc) is 3.66. The van der Waals surface area contributed by atoms with Crippen LogP contribution in [-0.2, 0) is 38.0 Å². The van der Waals surface area contributed by atoms with Gasteiger partial charge < -0.3 is 38.6 Å². The van der Waals surface area contributed by atoms with E-state index >= 15 is 0 Å². The molecule has 56 heavy (non-hydrogen) atoms. The molecule has 0 spiro atoms. The van der Waals surface area contributed by atoms with E-state index in [-0.39, 0.29) is 42.6 Å². The van der Waals surface area contributed by atoms with Gasteiger partial charge in [-0.1, -0.05) is 54.6 Å². The molecule has 1 atom stereocenters. The highest BCUT2D eigenvalue weighted by Crippen LogP contribution is 2.44. The number of rotatable bonds is 22. The van der Waals surface area contributed by atoms with E-state index in [1.165, 1.54) is 27.2 Å². The number of carbonyl (C=O) groups is 5. The van der Waals surface area contributed by atoms with Gasteiger partial charge in [0.1, 0.15) is 12.6 Å². The van der Waals surface area contributed by atoms with Crippen molar-refractivity contribution in [2.75, 3.05) is 98.1 Å². The summed E-state index contributed by atoms with van der Waals surface area (Å²) in [6, 6.07) is 20.4. The first-order valence-electron chi connectivity index (χ1n) is 18.9. The number of benzene rings is 3. The first-order valence-corrected chi connectivity index (χ1v) is 18.9. The molecule has 15 heteroatoms. The van der Waals surface area contributed by atoms with Gasteiger partial charge >= 0.3 is 6.09 Å². The lowest BCUT2D eigenvalue weighted by Gasteiger charge is -2.27. The minimum Gasteiger partial charge on any atom is -0.448 e. The van der Waals surface area contributed by atoms with E-state index in [1.807, 2.05) is 24.3 Å². The Hall–Kier alpha value is -5.19. The van der Waals surface area contributed by atoms with Crippen LogP contribution in [0.15, 0.2) is 66.7 Å². The second-order valence-corrected chi connectivity index (χ2v) is 13.4. The number of carbonyl (C=O) groups excluding carboxylic acids is 5.